The summed E-state index contributed by atoms with van der Waals surface area (Å²) in [5.41, 5.74) is 12.3. The van der Waals surface area contributed by atoms with Gasteiger partial charge in [0.15, 0.2) is 18.1 Å². The minimum absolute atomic E-state index is 0.0712. The molecular formula is C29H24N4O6. The van der Waals surface area contributed by atoms with Gasteiger partial charge in [0.2, 0.25) is 0 Å². The molecule has 0 amide bonds. The van der Waals surface area contributed by atoms with Gasteiger partial charge in [0.1, 0.15) is 11.5 Å². The van der Waals surface area contributed by atoms with Crippen LogP contribution in [0, 0.1) is 0 Å². The van der Waals surface area contributed by atoms with Crippen molar-refractivity contribution in [1.82, 2.24) is 9.97 Å². The number of phenolic OH excluding ortho intramolecular Hbond substituents is 1. The van der Waals surface area contributed by atoms with Gasteiger partial charge in [-0.1, -0.05) is 60.7 Å². The van der Waals surface area contributed by atoms with E-state index in [1.54, 1.807) is 12.1 Å². The minimum atomic E-state index is -0.462. The molecule has 4 aromatic carbocycles. The van der Waals surface area contributed by atoms with Crippen LogP contribution in [0.4, 0.5) is 12.0 Å². The maximum Gasteiger partial charge on any atom is 0.343 e. The number of aromatic nitrogens is 2. The largest absolute Gasteiger partial charge is 0.507 e. The van der Waals surface area contributed by atoms with Gasteiger partial charge in [0.25, 0.3) is 12.0 Å². The predicted octanol–water partition coefficient (Wildman–Crippen LogP) is 5.41. The fraction of sp³-hybridized carbons (Fsp3) is 0.0690. The molecule has 0 aliphatic carbocycles. The summed E-state index contributed by atoms with van der Waals surface area (Å²) in [7, 11) is 1.31. The minimum Gasteiger partial charge on any atom is -0.507 e. The van der Waals surface area contributed by atoms with Crippen molar-refractivity contribution in [3.63, 3.8) is 0 Å². The lowest BCUT2D eigenvalue weighted by molar-refractivity contribution is -0.142. The number of carbonyl (C=O) groups is 1. The monoisotopic (exact) mass is 524 g/mol. The van der Waals surface area contributed by atoms with E-state index in [-0.39, 0.29) is 24.4 Å². The van der Waals surface area contributed by atoms with E-state index in [9.17, 15) is 9.90 Å². The van der Waals surface area contributed by atoms with E-state index in [1.807, 2.05) is 60.7 Å². The number of phenols is 1. The summed E-state index contributed by atoms with van der Waals surface area (Å²) in [6, 6.07) is 22.8. The number of benzene rings is 4. The fourth-order valence-electron chi connectivity index (χ4n) is 4.15. The number of nitrogens with zero attached hydrogens (tertiary/aromatic N) is 2. The zero-order valence-corrected chi connectivity index (χ0v) is 20.8. The fourth-order valence-corrected chi connectivity index (χ4v) is 4.15. The van der Waals surface area contributed by atoms with Crippen LogP contribution >= 0.6 is 0 Å². The van der Waals surface area contributed by atoms with E-state index in [2.05, 4.69) is 14.7 Å². The molecule has 6 aromatic rings. The zero-order valence-electron chi connectivity index (χ0n) is 20.8. The summed E-state index contributed by atoms with van der Waals surface area (Å²) >= 11 is 0. The molecule has 10 nitrogen and oxygen atoms in total. The number of hydrogen-bond donors (Lipinski definition) is 3. The lowest BCUT2D eigenvalue weighted by Gasteiger charge is -2.11. The molecule has 0 saturated carbocycles. The van der Waals surface area contributed by atoms with Gasteiger partial charge in [-0.3, -0.25) is 0 Å². The number of fused-ring (bicyclic) bond motifs is 2. The lowest BCUT2D eigenvalue weighted by atomic mass is 10.0. The average Bonchev–Trinajstić information content (AvgIpc) is 3.59. The molecule has 0 aliphatic rings. The normalized spacial score (nSPS) is 10.7. The predicted molar refractivity (Wildman–Crippen MR) is 147 cm³/mol. The van der Waals surface area contributed by atoms with Gasteiger partial charge in [0, 0.05) is 0 Å². The maximum atomic E-state index is 11.3. The first kappa shape index (κ1) is 25.2. The van der Waals surface area contributed by atoms with Crippen molar-refractivity contribution < 1.29 is 28.2 Å². The highest BCUT2D eigenvalue weighted by Gasteiger charge is 2.16. The molecule has 0 atom stereocenters. The number of hydrogen-bond acceptors (Lipinski definition) is 10. The van der Waals surface area contributed by atoms with Crippen molar-refractivity contribution in [2.45, 2.75) is 0 Å². The topological polar surface area (TPSA) is 160 Å². The molecule has 0 radical (unpaired) electrons. The summed E-state index contributed by atoms with van der Waals surface area (Å²) in [4.78, 5) is 19.1. The van der Waals surface area contributed by atoms with Crippen LogP contribution in [0.15, 0.2) is 94.0 Å². The second-order valence-electron chi connectivity index (χ2n) is 8.33. The van der Waals surface area contributed by atoms with Crippen LogP contribution in [0.1, 0.15) is 0 Å². The second-order valence-corrected chi connectivity index (χ2v) is 8.33. The van der Waals surface area contributed by atoms with Crippen LogP contribution in [0.2, 0.25) is 0 Å². The number of aromatic hydroxyl groups is 1. The second kappa shape index (κ2) is 10.9. The zero-order chi connectivity index (χ0) is 27.4. The molecule has 5 N–H and O–H groups in total. The number of esters is 1. The lowest BCUT2D eigenvalue weighted by Crippen LogP contribution is -2.13. The third-order valence-electron chi connectivity index (χ3n) is 5.91. The number of nitrogen functional groups attached to an aromatic ring is 2. The number of methoxy groups -OCH3 is 1. The van der Waals surface area contributed by atoms with Crippen LogP contribution in [-0.2, 0) is 9.53 Å². The first-order valence-electron chi connectivity index (χ1n) is 11.8. The number of anilines is 2. The Bertz CT molecular complexity index is 1770. The van der Waals surface area contributed by atoms with E-state index >= 15 is 0 Å². The molecule has 10 heteroatoms. The van der Waals surface area contributed by atoms with Crippen molar-refractivity contribution in [2.75, 3.05) is 25.2 Å². The van der Waals surface area contributed by atoms with Gasteiger partial charge in [-0.15, -0.1) is 0 Å². The van der Waals surface area contributed by atoms with E-state index in [0.717, 1.165) is 21.5 Å². The van der Waals surface area contributed by atoms with Crippen molar-refractivity contribution in [3.05, 3.63) is 85.2 Å². The van der Waals surface area contributed by atoms with Crippen molar-refractivity contribution in [3.8, 4) is 34.1 Å². The summed E-state index contributed by atoms with van der Waals surface area (Å²) in [5.74, 6) is 1.14. The quantitative estimate of drug-likeness (QED) is 0.249. The highest BCUT2D eigenvalue weighted by atomic mass is 16.6. The van der Waals surface area contributed by atoms with Crippen LogP contribution in [0.3, 0.4) is 0 Å². The first-order chi connectivity index (χ1) is 18.9. The molecule has 0 spiro atoms. The molecule has 0 bridgehead atoms. The Morgan fingerprint density at radius 1 is 0.795 bits per heavy atom. The Morgan fingerprint density at radius 3 is 1.90 bits per heavy atom. The molecule has 0 saturated heterocycles. The summed E-state index contributed by atoms with van der Waals surface area (Å²) in [5, 5.41) is 13.8. The van der Waals surface area contributed by atoms with Crippen molar-refractivity contribution >= 4 is 39.5 Å². The number of oxazole rings is 2. The summed E-state index contributed by atoms with van der Waals surface area (Å²) in [6.07, 6.45) is 3.04. The Morgan fingerprint density at radius 2 is 1.33 bits per heavy atom. The van der Waals surface area contributed by atoms with Crippen LogP contribution in [-0.4, -0.2) is 34.8 Å². The van der Waals surface area contributed by atoms with Crippen LogP contribution in [0.25, 0.3) is 44.2 Å². The third-order valence-corrected chi connectivity index (χ3v) is 5.91. The third kappa shape index (κ3) is 5.30. The average molecular weight is 525 g/mol. The first-order valence-corrected chi connectivity index (χ1v) is 11.8. The highest BCUT2D eigenvalue weighted by molar-refractivity contribution is 5.99. The molecule has 6 rings (SSSR count). The van der Waals surface area contributed by atoms with Crippen LogP contribution in [0.5, 0.6) is 11.5 Å². The smallest absolute Gasteiger partial charge is 0.343 e. The van der Waals surface area contributed by atoms with Gasteiger partial charge in [-0.2, -0.15) is 0 Å². The van der Waals surface area contributed by atoms with Crippen molar-refractivity contribution in [1.29, 1.82) is 0 Å². The van der Waals surface area contributed by atoms with Gasteiger partial charge < -0.3 is 34.9 Å². The number of rotatable bonds is 5. The van der Waals surface area contributed by atoms with E-state index in [4.69, 9.17) is 25.0 Å². The SMILES string of the molecule is COC(=O)COc1ccc2ccccc2c1-c1cnc(N)o1.Nc1ncc(-c2c(O)ccc3ccccc23)o1. The van der Waals surface area contributed by atoms with Gasteiger partial charge >= 0.3 is 5.97 Å². The Labute approximate surface area is 222 Å². The summed E-state index contributed by atoms with van der Waals surface area (Å²) < 4.78 is 20.8. The molecule has 2 aromatic heterocycles. The Kier molecular flexibility index (Phi) is 7.00. The molecule has 39 heavy (non-hydrogen) atoms. The summed E-state index contributed by atoms with van der Waals surface area (Å²) in [6.45, 7) is -0.189. The van der Waals surface area contributed by atoms with Gasteiger partial charge in [0.05, 0.1) is 30.6 Å². The Balaban J connectivity index is 0.000000163. The van der Waals surface area contributed by atoms with Gasteiger partial charge in [-0.05, 0) is 33.7 Å². The van der Waals surface area contributed by atoms with Gasteiger partial charge in [-0.25, -0.2) is 14.8 Å². The molecule has 0 unspecified atom stereocenters. The number of carbonyl (C=O) groups excluding carboxylic acids is 1. The molecular weight excluding hydrogens is 500 g/mol. The number of nitrogens with two attached hydrogens (primary N) is 2. The Hall–Kier alpha value is -5.51. The van der Waals surface area contributed by atoms with E-state index < -0.39 is 5.97 Å². The standard InChI is InChI=1S/C16H14N2O4.C13H10N2O2/c1-20-14(19)9-21-12-7-6-10-4-2-3-5-11(10)15(12)13-8-18-16(17)22-13;14-13-15-7-11(17-13)12-9-4-2-1-3-8(9)5-6-10(12)16/h2-8H,9H2,1H3,(H2,17,18);1-7,16H,(H2,14,15). The van der Waals surface area contributed by atoms with E-state index in [0.29, 0.717) is 28.4 Å². The molecule has 0 aliphatic heterocycles. The highest BCUT2D eigenvalue weighted by Crippen LogP contribution is 2.38. The molecule has 0 fully saturated rings. The van der Waals surface area contributed by atoms with Crippen molar-refractivity contribution in [2.24, 2.45) is 0 Å². The van der Waals surface area contributed by atoms with E-state index in [1.165, 1.54) is 19.5 Å². The maximum absolute atomic E-state index is 11.3. The van der Waals surface area contributed by atoms with Crippen LogP contribution < -0.4 is 16.2 Å². The molecule has 2 heterocycles. The number of ether oxygens (including phenoxy) is 2. The molecule has 196 valence electrons.